The van der Waals surface area contributed by atoms with Crippen molar-refractivity contribution in [3.8, 4) is 83.6 Å². The van der Waals surface area contributed by atoms with Crippen LogP contribution in [-0.4, -0.2) is 11.3 Å². The summed E-state index contributed by atoms with van der Waals surface area (Å²) in [5.74, 6) is 0. The summed E-state index contributed by atoms with van der Waals surface area (Å²) in [5.41, 5.74) is 31.2. The fourth-order valence-corrected chi connectivity index (χ4v) is 19.9. The zero-order valence-corrected chi connectivity index (χ0v) is 60.5. The van der Waals surface area contributed by atoms with Crippen molar-refractivity contribution in [1.82, 2.24) is 4.57 Å². The largest absolute Gasteiger partial charge is 0.455 e. The standard InChI is InChI=1S/C104H64BN3OS/c1-5-29-65(30-6-1)73-46-25-47-74(66-31-7-2-8-32-66)102(73)107-91-60-58-69(72-45-28-56-97-100(72)85-44-20-24-55-96(85)110-97)61-88(91)105-87-59-57-70(98-80-40-13-15-42-82(80)99(83-43-16-14-41-81(83)98)86-51-27-50-84-79-39-19-23-54-95(79)109-104(84)86)62-92(87)108(103-75(67-33-9-3-10-34-67)48-26-49-76(103)68-35-11-4-12-36-68)94-64-71(63-93(107)101(94)105)106-89-52-21-17-37-77(89)78-38-18-22-53-90(78)106/h1-64H. The van der Waals surface area contributed by atoms with Gasteiger partial charge in [-0.3, -0.25) is 0 Å². The number of anilines is 6. The molecule has 2 aliphatic heterocycles. The van der Waals surface area contributed by atoms with Gasteiger partial charge in [0.25, 0.3) is 6.71 Å². The molecular weight excluding hydrogens is 1350 g/mol. The smallest absolute Gasteiger partial charge is 0.252 e. The highest BCUT2D eigenvalue weighted by Gasteiger charge is 2.46. The topological polar surface area (TPSA) is 24.6 Å². The number of rotatable bonds is 10. The van der Waals surface area contributed by atoms with Crippen LogP contribution in [0.5, 0.6) is 0 Å². The highest BCUT2D eigenvalue weighted by atomic mass is 32.1. The predicted octanol–water partition coefficient (Wildman–Crippen LogP) is 27.1. The zero-order chi connectivity index (χ0) is 72.1. The van der Waals surface area contributed by atoms with Gasteiger partial charge in [0.2, 0.25) is 0 Å². The Balaban J connectivity index is 0.894. The number of thiophene rings is 1. The fourth-order valence-electron chi connectivity index (χ4n) is 18.8. The Morgan fingerprint density at radius 2 is 0.682 bits per heavy atom. The number of nitrogens with zero attached hydrogens (tertiary/aromatic N) is 3. The predicted molar refractivity (Wildman–Crippen MR) is 468 cm³/mol. The van der Waals surface area contributed by atoms with Crippen LogP contribution in [0, 0.1) is 0 Å². The van der Waals surface area contributed by atoms with E-state index in [-0.39, 0.29) is 6.71 Å². The van der Waals surface area contributed by atoms with E-state index < -0.39 is 0 Å². The number of fused-ring (bicyclic) bond motifs is 15. The van der Waals surface area contributed by atoms with E-state index in [9.17, 15) is 0 Å². The SMILES string of the molecule is c1ccc(-c2cccc(-c3ccccc3)c2N2c3ccc(-c4cccc5sc6ccccc6c45)cc3B3c4ccc(-c5c6ccccc6c(-c6cccc7c6oc6ccccc67)c6ccccc56)cc4N(c4c(-c5ccccc5)cccc4-c4ccccc4)c4cc(-n5c6ccccc6c6ccccc65)cc2c43)cc1. The second kappa shape index (κ2) is 24.8. The van der Waals surface area contributed by atoms with Crippen molar-refractivity contribution in [2.75, 3.05) is 9.80 Å². The van der Waals surface area contributed by atoms with Gasteiger partial charge in [0, 0.05) is 97.8 Å². The van der Waals surface area contributed by atoms with Crippen LogP contribution in [-0.2, 0) is 0 Å². The van der Waals surface area contributed by atoms with Crippen LogP contribution in [0.3, 0.4) is 0 Å². The molecule has 4 nitrogen and oxygen atoms in total. The molecule has 0 bridgehead atoms. The van der Waals surface area contributed by atoms with Gasteiger partial charge in [0.15, 0.2) is 0 Å². The average Bonchev–Trinajstić information content (AvgIpc) is 0.733. The lowest BCUT2D eigenvalue weighted by molar-refractivity contribution is 0.670. The van der Waals surface area contributed by atoms with Gasteiger partial charge in [-0.1, -0.05) is 334 Å². The van der Waals surface area contributed by atoms with E-state index in [2.05, 4.69) is 403 Å². The summed E-state index contributed by atoms with van der Waals surface area (Å²) in [7, 11) is 0. The Morgan fingerprint density at radius 3 is 1.25 bits per heavy atom. The molecule has 0 saturated carbocycles. The average molecular weight is 1410 g/mol. The second-order valence-corrected chi connectivity index (χ2v) is 30.3. The van der Waals surface area contributed by atoms with Crippen LogP contribution in [0.25, 0.3) is 169 Å². The zero-order valence-electron chi connectivity index (χ0n) is 59.7. The van der Waals surface area contributed by atoms with E-state index in [1.165, 1.54) is 64.0 Å². The molecule has 6 heteroatoms. The van der Waals surface area contributed by atoms with Crippen LogP contribution < -0.4 is 26.2 Å². The number of benzene rings is 18. The first kappa shape index (κ1) is 62.2. The Kier molecular flexibility index (Phi) is 14.0. The van der Waals surface area contributed by atoms with Crippen molar-refractivity contribution in [2.24, 2.45) is 0 Å². The highest BCUT2D eigenvalue weighted by Crippen LogP contribution is 2.56. The van der Waals surface area contributed by atoms with Gasteiger partial charge in [0.1, 0.15) is 11.2 Å². The van der Waals surface area contributed by atoms with Gasteiger partial charge in [-0.2, -0.15) is 0 Å². The molecule has 0 fully saturated rings. The van der Waals surface area contributed by atoms with Crippen molar-refractivity contribution >= 4 is 154 Å². The molecule has 0 saturated heterocycles. The van der Waals surface area contributed by atoms with E-state index in [0.717, 1.165) is 156 Å². The number of furan rings is 1. The second-order valence-electron chi connectivity index (χ2n) is 29.2. The molecule has 2 aliphatic rings. The summed E-state index contributed by atoms with van der Waals surface area (Å²) >= 11 is 1.87. The minimum Gasteiger partial charge on any atom is -0.455 e. The first-order chi connectivity index (χ1) is 54.6. The summed E-state index contributed by atoms with van der Waals surface area (Å²) in [6.45, 7) is -0.314. The van der Waals surface area contributed by atoms with E-state index in [0.29, 0.717) is 0 Å². The van der Waals surface area contributed by atoms with Crippen molar-refractivity contribution in [3.63, 3.8) is 0 Å². The van der Waals surface area contributed by atoms with Crippen LogP contribution in [0.1, 0.15) is 0 Å². The summed E-state index contributed by atoms with van der Waals surface area (Å²) in [6, 6.07) is 145. The maximum atomic E-state index is 6.95. The first-order valence-corrected chi connectivity index (χ1v) is 38.7. The molecular formula is C104H64BN3OS. The molecule has 5 heterocycles. The molecule has 0 radical (unpaired) electrons. The van der Waals surface area contributed by atoms with Crippen LogP contribution >= 0.6 is 11.3 Å². The van der Waals surface area contributed by atoms with Crippen molar-refractivity contribution in [2.45, 2.75) is 0 Å². The minimum atomic E-state index is -0.314. The molecule has 0 atom stereocenters. The summed E-state index contributed by atoms with van der Waals surface area (Å²) in [4.78, 5) is 5.39. The molecule has 0 aliphatic carbocycles. The molecule has 18 aromatic carbocycles. The van der Waals surface area contributed by atoms with E-state index in [1.54, 1.807) is 0 Å². The Bertz CT molecular complexity index is 7140. The van der Waals surface area contributed by atoms with Gasteiger partial charge in [-0.25, -0.2) is 0 Å². The molecule has 21 aromatic rings. The number of hydrogen-bond acceptors (Lipinski definition) is 4. The minimum absolute atomic E-state index is 0.314. The Labute approximate surface area is 640 Å². The Morgan fingerprint density at radius 1 is 0.255 bits per heavy atom. The summed E-state index contributed by atoms with van der Waals surface area (Å²) in [5, 5.41) is 11.8. The third-order valence-electron chi connectivity index (χ3n) is 23.4. The molecule has 3 aromatic heterocycles. The molecule has 23 rings (SSSR count). The lowest BCUT2D eigenvalue weighted by Gasteiger charge is -2.46. The van der Waals surface area contributed by atoms with Gasteiger partial charge >= 0.3 is 0 Å². The third-order valence-corrected chi connectivity index (χ3v) is 24.5. The molecule has 0 unspecified atom stereocenters. The summed E-state index contributed by atoms with van der Waals surface area (Å²) < 4.78 is 12.0. The number of hydrogen-bond donors (Lipinski definition) is 0. The third kappa shape index (κ3) is 9.40. The van der Waals surface area contributed by atoms with Gasteiger partial charge in [-0.15, -0.1) is 11.3 Å². The van der Waals surface area contributed by atoms with Crippen LogP contribution in [0.4, 0.5) is 34.1 Å². The first-order valence-electron chi connectivity index (χ1n) is 37.9. The van der Waals surface area contributed by atoms with Gasteiger partial charge in [-0.05, 0) is 137 Å². The molecule has 510 valence electrons. The number of para-hydroxylation sites is 6. The molecule has 0 spiro atoms. The van der Waals surface area contributed by atoms with Gasteiger partial charge in [0.05, 0.1) is 28.1 Å². The van der Waals surface area contributed by atoms with E-state index in [4.69, 9.17) is 4.42 Å². The maximum Gasteiger partial charge on any atom is 0.252 e. The Hall–Kier alpha value is -14.0. The van der Waals surface area contributed by atoms with E-state index in [1.807, 2.05) is 11.3 Å². The monoisotopic (exact) mass is 1410 g/mol. The van der Waals surface area contributed by atoms with E-state index >= 15 is 0 Å². The van der Waals surface area contributed by atoms with Crippen LogP contribution in [0.15, 0.2) is 393 Å². The molecule has 0 N–H and O–H groups in total. The van der Waals surface area contributed by atoms with Crippen molar-refractivity contribution in [1.29, 1.82) is 0 Å². The van der Waals surface area contributed by atoms with Crippen molar-refractivity contribution < 1.29 is 4.42 Å². The fraction of sp³-hybridized carbons (Fsp3) is 0. The maximum absolute atomic E-state index is 6.95. The quantitative estimate of drug-likeness (QED) is 0.101. The lowest BCUT2D eigenvalue weighted by atomic mass is 9.33. The highest BCUT2D eigenvalue weighted by molar-refractivity contribution is 7.26. The summed E-state index contributed by atoms with van der Waals surface area (Å²) in [6.07, 6.45) is 0. The normalized spacial score (nSPS) is 12.5. The lowest BCUT2D eigenvalue weighted by Crippen LogP contribution is -2.61. The van der Waals surface area contributed by atoms with Gasteiger partial charge < -0.3 is 18.8 Å². The molecule has 0 amide bonds. The van der Waals surface area contributed by atoms with Crippen molar-refractivity contribution in [3.05, 3.63) is 388 Å². The molecule has 110 heavy (non-hydrogen) atoms. The van der Waals surface area contributed by atoms with Crippen LogP contribution in [0.2, 0.25) is 0 Å². The number of aromatic nitrogens is 1.